The first-order valence-corrected chi connectivity index (χ1v) is 11.7. The molecule has 2 aliphatic rings. The second-order valence-corrected chi connectivity index (χ2v) is 9.81. The van der Waals surface area contributed by atoms with E-state index in [2.05, 4.69) is 36.2 Å². The molecule has 1 aliphatic carbocycles. The van der Waals surface area contributed by atoms with Crippen molar-refractivity contribution in [3.63, 3.8) is 0 Å². The SMILES string of the molecule is CC(C)[C@H](CN1CCC(c2ccc(Cl)c(Cl)c2)CC1)NCCC1CCCC1.O.O. The van der Waals surface area contributed by atoms with E-state index in [9.17, 15) is 0 Å². The molecule has 3 rings (SSSR count). The van der Waals surface area contributed by atoms with Crippen LogP contribution in [0.3, 0.4) is 0 Å². The fourth-order valence-corrected chi connectivity index (χ4v) is 5.08. The molecule has 1 atom stereocenters. The Kier molecular flexibility index (Phi) is 12.1. The molecule has 4 nitrogen and oxygen atoms in total. The summed E-state index contributed by atoms with van der Waals surface area (Å²) < 4.78 is 0. The van der Waals surface area contributed by atoms with E-state index in [1.54, 1.807) is 0 Å². The molecule has 1 saturated heterocycles. The highest BCUT2D eigenvalue weighted by Crippen LogP contribution is 2.32. The Balaban J connectivity index is 0.00000210. The lowest BCUT2D eigenvalue weighted by Gasteiger charge is -2.36. The number of hydrogen-bond donors (Lipinski definition) is 1. The van der Waals surface area contributed by atoms with E-state index in [1.165, 1.54) is 76.7 Å². The van der Waals surface area contributed by atoms with Gasteiger partial charge in [-0.15, -0.1) is 0 Å². The molecule has 1 aromatic carbocycles. The van der Waals surface area contributed by atoms with Gasteiger partial charge in [0, 0.05) is 12.6 Å². The first-order valence-electron chi connectivity index (χ1n) is 10.9. The topological polar surface area (TPSA) is 78.3 Å². The largest absolute Gasteiger partial charge is 0.412 e. The fourth-order valence-electron chi connectivity index (χ4n) is 4.78. The van der Waals surface area contributed by atoms with Gasteiger partial charge < -0.3 is 21.2 Å². The molecule has 0 radical (unpaired) electrons. The first-order chi connectivity index (χ1) is 13.0. The van der Waals surface area contributed by atoms with Gasteiger partial charge in [0.25, 0.3) is 0 Å². The monoisotopic (exact) mass is 446 g/mol. The predicted octanol–water partition coefficient (Wildman–Crippen LogP) is 4.72. The van der Waals surface area contributed by atoms with E-state index in [4.69, 9.17) is 23.2 Å². The van der Waals surface area contributed by atoms with Crippen molar-refractivity contribution >= 4 is 23.2 Å². The lowest BCUT2D eigenvalue weighted by molar-refractivity contribution is 0.175. The lowest BCUT2D eigenvalue weighted by atomic mass is 9.89. The number of benzene rings is 1. The maximum absolute atomic E-state index is 6.21. The number of hydrogen-bond acceptors (Lipinski definition) is 2. The zero-order chi connectivity index (χ0) is 19.2. The highest BCUT2D eigenvalue weighted by atomic mass is 35.5. The van der Waals surface area contributed by atoms with Gasteiger partial charge in [-0.2, -0.15) is 0 Å². The molecule has 0 spiro atoms. The van der Waals surface area contributed by atoms with Crippen molar-refractivity contribution in [1.82, 2.24) is 10.2 Å². The van der Waals surface area contributed by atoms with Crippen molar-refractivity contribution in [2.75, 3.05) is 26.2 Å². The number of nitrogens with one attached hydrogen (secondary N) is 1. The Bertz CT molecular complexity index is 586. The fraction of sp³-hybridized carbons (Fsp3) is 0.739. The van der Waals surface area contributed by atoms with Crippen molar-refractivity contribution in [1.29, 1.82) is 0 Å². The molecule has 6 heteroatoms. The van der Waals surface area contributed by atoms with Gasteiger partial charge >= 0.3 is 0 Å². The average molecular weight is 447 g/mol. The predicted molar refractivity (Wildman–Crippen MR) is 125 cm³/mol. The molecular weight excluding hydrogens is 407 g/mol. The summed E-state index contributed by atoms with van der Waals surface area (Å²) in [6, 6.07) is 6.75. The summed E-state index contributed by atoms with van der Waals surface area (Å²) in [7, 11) is 0. The van der Waals surface area contributed by atoms with Gasteiger partial charge in [0.2, 0.25) is 0 Å². The van der Waals surface area contributed by atoms with Crippen LogP contribution in [0.4, 0.5) is 0 Å². The Morgan fingerprint density at radius 3 is 2.24 bits per heavy atom. The standard InChI is InChI=1S/C23H36Cl2N2.2H2O/c1-17(2)23(26-12-9-18-5-3-4-6-18)16-27-13-10-19(11-14-27)20-7-8-21(24)22(25)15-20;;/h7-8,15,17-19,23,26H,3-6,9-14,16H2,1-2H3;2*1H2/t23-;;/m0../s1. The smallest absolute Gasteiger partial charge is 0.0595 e. The molecule has 0 amide bonds. The van der Waals surface area contributed by atoms with Gasteiger partial charge in [-0.3, -0.25) is 0 Å². The summed E-state index contributed by atoms with van der Waals surface area (Å²) in [6.45, 7) is 9.44. The van der Waals surface area contributed by atoms with Gasteiger partial charge in [0.05, 0.1) is 10.0 Å². The molecule has 1 saturated carbocycles. The molecule has 0 unspecified atom stereocenters. The second kappa shape index (κ2) is 13.1. The molecule has 2 fully saturated rings. The summed E-state index contributed by atoms with van der Waals surface area (Å²) in [5.74, 6) is 2.28. The van der Waals surface area contributed by atoms with Gasteiger partial charge in [-0.1, -0.05) is 68.8 Å². The normalized spacial score (nSPS) is 19.8. The van der Waals surface area contributed by atoms with E-state index in [-0.39, 0.29) is 11.0 Å². The van der Waals surface area contributed by atoms with Crippen molar-refractivity contribution in [3.05, 3.63) is 33.8 Å². The minimum Gasteiger partial charge on any atom is -0.412 e. The Morgan fingerprint density at radius 1 is 1.00 bits per heavy atom. The highest BCUT2D eigenvalue weighted by molar-refractivity contribution is 6.42. The van der Waals surface area contributed by atoms with Crippen LogP contribution in [0.25, 0.3) is 0 Å². The zero-order valence-corrected chi connectivity index (χ0v) is 19.5. The number of rotatable bonds is 8. The Hall–Kier alpha value is -0.360. The van der Waals surface area contributed by atoms with Gasteiger partial charge in [0.15, 0.2) is 0 Å². The molecule has 29 heavy (non-hydrogen) atoms. The maximum Gasteiger partial charge on any atom is 0.0595 e. The Labute approximate surface area is 187 Å². The van der Waals surface area contributed by atoms with Crippen LogP contribution in [0.2, 0.25) is 10.0 Å². The van der Waals surface area contributed by atoms with Gasteiger partial charge in [0.1, 0.15) is 0 Å². The van der Waals surface area contributed by atoms with E-state index in [1.807, 2.05) is 6.07 Å². The molecule has 1 aromatic rings. The van der Waals surface area contributed by atoms with Crippen molar-refractivity contribution in [3.8, 4) is 0 Å². The van der Waals surface area contributed by atoms with Crippen LogP contribution in [-0.2, 0) is 0 Å². The third-order valence-electron chi connectivity index (χ3n) is 6.70. The lowest BCUT2D eigenvalue weighted by Crippen LogP contribution is -2.47. The third kappa shape index (κ3) is 8.01. The average Bonchev–Trinajstić information content (AvgIpc) is 3.17. The summed E-state index contributed by atoms with van der Waals surface area (Å²) in [4.78, 5) is 2.65. The van der Waals surface area contributed by atoms with Gasteiger partial charge in [-0.25, -0.2) is 0 Å². The quantitative estimate of drug-likeness (QED) is 0.626. The van der Waals surface area contributed by atoms with E-state index >= 15 is 0 Å². The van der Waals surface area contributed by atoms with Crippen LogP contribution in [0.15, 0.2) is 18.2 Å². The molecule has 0 bridgehead atoms. The zero-order valence-electron chi connectivity index (χ0n) is 18.0. The van der Waals surface area contributed by atoms with Crippen LogP contribution in [-0.4, -0.2) is 48.1 Å². The summed E-state index contributed by atoms with van der Waals surface area (Å²) in [5, 5.41) is 5.21. The molecular formula is C23H40Cl2N2O2. The molecule has 1 heterocycles. The van der Waals surface area contributed by atoms with Gasteiger partial charge in [-0.05, 0) is 74.3 Å². The second-order valence-electron chi connectivity index (χ2n) is 8.99. The van der Waals surface area contributed by atoms with Crippen LogP contribution in [0.1, 0.15) is 70.3 Å². The van der Waals surface area contributed by atoms with E-state index in [0.29, 0.717) is 27.9 Å². The number of piperidine rings is 1. The van der Waals surface area contributed by atoms with Crippen LogP contribution in [0.5, 0.6) is 0 Å². The maximum atomic E-state index is 6.21. The number of halogens is 2. The Morgan fingerprint density at radius 2 is 1.66 bits per heavy atom. The van der Waals surface area contributed by atoms with Crippen molar-refractivity contribution in [2.24, 2.45) is 11.8 Å². The van der Waals surface area contributed by atoms with Crippen LogP contribution in [0, 0.1) is 11.8 Å². The number of nitrogens with zero attached hydrogens (tertiary/aromatic N) is 1. The molecule has 5 N–H and O–H groups in total. The third-order valence-corrected chi connectivity index (χ3v) is 7.44. The summed E-state index contributed by atoms with van der Waals surface area (Å²) in [6.07, 6.45) is 9.60. The molecule has 168 valence electrons. The molecule has 1 aliphatic heterocycles. The minimum absolute atomic E-state index is 0. The number of likely N-dealkylation sites (tertiary alicyclic amines) is 1. The molecule has 0 aromatic heterocycles. The van der Waals surface area contributed by atoms with Crippen molar-refractivity contribution in [2.45, 2.75) is 70.8 Å². The van der Waals surface area contributed by atoms with Crippen LogP contribution >= 0.6 is 23.2 Å². The minimum atomic E-state index is 0. The summed E-state index contributed by atoms with van der Waals surface area (Å²) in [5.41, 5.74) is 1.35. The van der Waals surface area contributed by atoms with Crippen LogP contribution < -0.4 is 5.32 Å². The summed E-state index contributed by atoms with van der Waals surface area (Å²) >= 11 is 12.3. The van der Waals surface area contributed by atoms with Crippen molar-refractivity contribution < 1.29 is 11.0 Å². The van der Waals surface area contributed by atoms with E-state index < -0.39 is 0 Å². The van der Waals surface area contributed by atoms with E-state index in [0.717, 1.165) is 5.92 Å². The first kappa shape index (κ1) is 26.7. The highest BCUT2D eigenvalue weighted by Gasteiger charge is 2.24.